The number of ether oxygens (including phenoxy) is 1. The van der Waals surface area contributed by atoms with Crippen LogP contribution in [0.25, 0.3) is 0 Å². The SMILES string of the molecule is CCNC(=O)C(C)(C)CNC(=NC)NCC(c1ccc(F)cc1)N1CCOCC1.I. The molecule has 3 N–H and O–H groups in total. The average molecular weight is 535 g/mol. The van der Waals surface area contributed by atoms with Crippen molar-refractivity contribution in [1.82, 2.24) is 20.9 Å². The number of nitrogens with one attached hydrogen (secondary N) is 3. The molecule has 0 spiro atoms. The molecule has 1 aromatic carbocycles. The number of carbonyl (C=O) groups excluding carboxylic acids is 1. The average Bonchev–Trinajstić information content (AvgIpc) is 2.72. The predicted octanol–water partition coefficient (Wildman–Crippen LogP) is 2.14. The molecule has 9 heteroatoms. The Bertz CT molecular complexity index is 678. The molecule has 1 aromatic rings. The molecule has 1 unspecified atom stereocenters. The third-order valence-corrected chi connectivity index (χ3v) is 5.08. The summed E-state index contributed by atoms with van der Waals surface area (Å²) in [4.78, 5) is 18.8. The molecule has 0 bridgehead atoms. The number of rotatable bonds is 8. The van der Waals surface area contributed by atoms with Crippen LogP contribution in [-0.2, 0) is 9.53 Å². The monoisotopic (exact) mass is 535 g/mol. The van der Waals surface area contributed by atoms with E-state index in [9.17, 15) is 9.18 Å². The van der Waals surface area contributed by atoms with Gasteiger partial charge >= 0.3 is 0 Å². The van der Waals surface area contributed by atoms with E-state index in [1.54, 1.807) is 7.05 Å². The number of guanidine groups is 1. The zero-order chi connectivity index (χ0) is 21.3. The van der Waals surface area contributed by atoms with Crippen molar-refractivity contribution in [3.63, 3.8) is 0 Å². The molecule has 0 saturated carbocycles. The molecule has 2 rings (SSSR count). The molecule has 1 saturated heterocycles. The molecule has 1 aliphatic heterocycles. The summed E-state index contributed by atoms with van der Waals surface area (Å²) in [6.45, 7) is 10.4. The third-order valence-electron chi connectivity index (χ3n) is 5.08. The van der Waals surface area contributed by atoms with Crippen LogP contribution in [0.5, 0.6) is 0 Å². The molecule has 170 valence electrons. The molecule has 1 fully saturated rings. The molecule has 0 aromatic heterocycles. The Kier molecular flexibility index (Phi) is 11.6. The molecule has 1 atom stereocenters. The molecule has 0 aliphatic carbocycles. The maximum atomic E-state index is 13.4. The summed E-state index contributed by atoms with van der Waals surface area (Å²) in [6.07, 6.45) is 0. The zero-order valence-electron chi connectivity index (χ0n) is 18.3. The van der Waals surface area contributed by atoms with Crippen LogP contribution >= 0.6 is 24.0 Å². The lowest BCUT2D eigenvalue weighted by atomic mass is 9.92. The van der Waals surface area contributed by atoms with Gasteiger partial charge in [0.25, 0.3) is 0 Å². The van der Waals surface area contributed by atoms with Crippen molar-refractivity contribution >= 4 is 35.8 Å². The van der Waals surface area contributed by atoms with Crippen molar-refractivity contribution < 1.29 is 13.9 Å². The minimum absolute atomic E-state index is 0. The van der Waals surface area contributed by atoms with Crippen molar-refractivity contribution in [3.05, 3.63) is 35.6 Å². The number of benzene rings is 1. The number of carbonyl (C=O) groups is 1. The third kappa shape index (κ3) is 7.99. The van der Waals surface area contributed by atoms with Crippen LogP contribution in [0.3, 0.4) is 0 Å². The second-order valence-electron chi connectivity index (χ2n) is 7.77. The highest BCUT2D eigenvalue weighted by molar-refractivity contribution is 14.0. The predicted molar refractivity (Wildman–Crippen MR) is 129 cm³/mol. The van der Waals surface area contributed by atoms with E-state index in [4.69, 9.17) is 4.74 Å². The first-order chi connectivity index (χ1) is 13.9. The summed E-state index contributed by atoms with van der Waals surface area (Å²) >= 11 is 0. The number of hydrogen-bond donors (Lipinski definition) is 3. The fourth-order valence-corrected chi connectivity index (χ4v) is 3.23. The number of halogens is 2. The fraction of sp³-hybridized carbons (Fsp3) is 0.619. The molecular formula is C21H35FIN5O2. The normalized spacial score (nSPS) is 16.4. The minimum Gasteiger partial charge on any atom is -0.379 e. The van der Waals surface area contributed by atoms with E-state index in [2.05, 4.69) is 25.8 Å². The summed E-state index contributed by atoms with van der Waals surface area (Å²) in [7, 11) is 1.70. The van der Waals surface area contributed by atoms with Crippen LogP contribution in [0.4, 0.5) is 4.39 Å². The van der Waals surface area contributed by atoms with E-state index in [0.717, 1.165) is 18.7 Å². The van der Waals surface area contributed by atoms with Gasteiger partial charge in [-0.3, -0.25) is 14.7 Å². The Morgan fingerprint density at radius 2 is 1.83 bits per heavy atom. The first-order valence-corrected chi connectivity index (χ1v) is 10.2. The van der Waals surface area contributed by atoms with Crippen molar-refractivity contribution in [2.24, 2.45) is 10.4 Å². The van der Waals surface area contributed by atoms with Gasteiger partial charge in [-0.15, -0.1) is 24.0 Å². The summed E-state index contributed by atoms with van der Waals surface area (Å²) < 4.78 is 18.9. The van der Waals surface area contributed by atoms with Crippen LogP contribution in [0.2, 0.25) is 0 Å². The van der Waals surface area contributed by atoms with E-state index < -0.39 is 5.41 Å². The van der Waals surface area contributed by atoms with Gasteiger partial charge in [-0.05, 0) is 38.5 Å². The molecule has 0 radical (unpaired) electrons. The first kappa shape index (κ1) is 26.6. The van der Waals surface area contributed by atoms with E-state index in [-0.39, 0.29) is 41.7 Å². The smallest absolute Gasteiger partial charge is 0.227 e. The Balaban J connectivity index is 0.00000450. The lowest BCUT2D eigenvalue weighted by Gasteiger charge is -2.35. The Hall–Kier alpha value is -1.46. The molecule has 1 amide bonds. The summed E-state index contributed by atoms with van der Waals surface area (Å²) in [5, 5.41) is 9.46. The lowest BCUT2D eigenvalue weighted by Crippen LogP contribution is -2.50. The van der Waals surface area contributed by atoms with E-state index >= 15 is 0 Å². The van der Waals surface area contributed by atoms with Gasteiger partial charge in [-0.25, -0.2) is 4.39 Å². The van der Waals surface area contributed by atoms with Crippen molar-refractivity contribution in [3.8, 4) is 0 Å². The molecule has 1 aliphatic rings. The minimum atomic E-state index is -0.561. The molecule has 30 heavy (non-hydrogen) atoms. The topological polar surface area (TPSA) is 78.0 Å². The van der Waals surface area contributed by atoms with E-state index in [1.165, 1.54) is 12.1 Å². The zero-order valence-corrected chi connectivity index (χ0v) is 20.7. The molecule has 1 heterocycles. The largest absolute Gasteiger partial charge is 0.379 e. The lowest BCUT2D eigenvalue weighted by molar-refractivity contribution is -0.128. The van der Waals surface area contributed by atoms with Crippen LogP contribution < -0.4 is 16.0 Å². The van der Waals surface area contributed by atoms with Gasteiger partial charge in [0.05, 0.1) is 24.7 Å². The van der Waals surface area contributed by atoms with Crippen LogP contribution in [-0.4, -0.2) is 69.8 Å². The van der Waals surface area contributed by atoms with Crippen LogP contribution in [0.15, 0.2) is 29.3 Å². The van der Waals surface area contributed by atoms with Crippen molar-refractivity contribution in [1.29, 1.82) is 0 Å². The van der Waals surface area contributed by atoms with Gasteiger partial charge in [0.1, 0.15) is 5.82 Å². The number of morpholine rings is 1. The number of amides is 1. The van der Waals surface area contributed by atoms with Gasteiger partial charge < -0.3 is 20.7 Å². The highest BCUT2D eigenvalue weighted by Crippen LogP contribution is 2.21. The maximum Gasteiger partial charge on any atom is 0.227 e. The van der Waals surface area contributed by atoms with E-state index in [0.29, 0.717) is 38.8 Å². The quantitative estimate of drug-likeness (QED) is 0.270. The van der Waals surface area contributed by atoms with Gasteiger partial charge in [0, 0.05) is 39.8 Å². The Morgan fingerprint density at radius 1 is 1.20 bits per heavy atom. The van der Waals surface area contributed by atoms with Crippen LogP contribution in [0, 0.1) is 11.2 Å². The van der Waals surface area contributed by atoms with Gasteiger partial charge in [0.2, 0.25) is 5.91 Å². The first-order valence-electron chi connectivity index (χ1n) is 10.2. The second-order valence-corrected chi connectivity index (χ2v) is 7.77. The highest BCUT2D eigenvalue weighted by Gasteiger charge is 2.28. The number of nitrogens with zero attached hydrogens (tertiary/aromatic N) is 2. The maximum absolute atomic E-state index is 13.4. The molecular weight excluding hydrogens is 500 g/mol. The summed E-state index contributed by atoms with van der Waals surface area (Å²) in [5.74, 6) is 0.385. The van der Waals surface area contributed by atoms with Crippen molar-refractivity contribution in [2.75, 3.05) is 53.0 Å². The Morgan fingerprint density at radius 3 is 2.40 bits per heavy atom. The molecule has 7 nitrogen and oxygen atoms in total. The van der Waals surface area contributed by atoms with E-state index in [1.807, 2.05) is 32.9 Å². The highest BCUT2D eigenvalue weighted by atomic mass is 127. The summed E-state index contributed by atoms with van der Waals surface area (Å²) in [6, 6.07) is 6.70. The second kappa shape index (κ2) is 13.1. The fourth-order valence-electron chi connectivity index (χ4n) is 3.23. The standard InChI is InChI=1S/C21H34FN5O2.HI/c1-5-24-19(28)21(2,3)15-26-20(23-4)25-14-18(27-10-12-29-13-11-27)16-6-8-17(22)9-7-16;/h6-9,18H,5,10-15H2,1-4H3,(H,24,28)(H2,23,25,26);1H. The van der Waals surface area contributed by atoms with Crippen molar-refractivity contribution in [2.45, 2.75) is 26.8 Å². The van der Waals surface area contributed by atoms with Gasteiger partial charge in [0.15, 0.2) is 5.96 Å². The van der Waals surface area contributed by atoms with Crippen LogP contribution in [0.1, 0.15) is 32.4 Å². The number of hydrogen-bond acceptors (Lipinski definition) is 4. The summed E-state index contributed by atoms with van der Waals surface area (Å²) in [5.41, 5.74) is 0.479. The Labute approximate surface area is 196 Å². The van der Waals surface area contributed by atoms with Gasteiger partial charge in [-0.2, -0.15) is 0 Å². The van der Waals surface area contributed by atoms with Gasteiger partial charge in [-0.1, -0.05) is 12.1 Å². The number of aliphatic imine (C=N–C) groups is 1.